The summed E-state index contributed by atoms with van der Waals surface area (Å²) in [6, 6.07) is 0. The largest absolute Gasteiger partial charge is 0.372 e. The van der Waals surface area contributed by atoms with E-state index in [0.717, 1.165) is 31.3 Å². The summed E-state index contributed by atoms with van der Waals surface area (Å²) in [7, 11) is 0. The fourth-order valence-corrected chi connectivity index (χ4v) is 4.01. The normalized spacial score (nSPS) is 23.6. The molecular weight excluding hydrogens is 282 g/mol. The highest BCUT2D eigenvalue weighted by atomic mass is 32.1. The third-order valence-corrected chi connectivity index (χ3v) is 4.74. The SMILES string of the molecule is CCNCc1sc(N2C[C@@H](C)O[C@@H](C)C2)nc1C(C)(C)C. The molecule has 0 bridgehead atoms. The Kier molecular flexibility index (Phi) is 5.28. The number of thiazole rings is 1. The minimum Gasteiger partial charge on any atom is -0.372 e. The minimum absolute atomic E-state index is 0.0863. The fourth-order valence-electron chi connectivity index (χ4n) is 2.75. The zero-order valence-electron chi connectivity index (χ0n) is 14.2. The number of aromatic nitrogens is 1. The third-order valence-electron chi connectivity index (χ3n) is 3.62. The molecule has 0 radical (unpaired) electrons. The number of nitrogens with one attached hydrogen (secondary N) is 1. The van der Waals surface area contributed by atoms with E-state index in [9.17, 15) is 0 Å². The first kappa shape index (κ1) is 16.7. The number of morpholine rings is 1. The van der Waals surface area contributed by atoms with Gasteiger partial charge in [0.25, 0.3) is 0 Å². The Labute approximate surface area is 132 Å². The quantitative estimate of drug-likeness (QED) is 0.927. The molecule has 2 atom stereocenters. The monoisotopic (exact) mass is 311 g/mol. The summed E-state index contributed by atoms with van der Waals surface area (Å²) in [5.74, 6) is 0. The molecule has 0 aliphatic carbocycles. The Morgan fingerprint density at radius 3 is 2.43 bits per heavy atom. The van der Waals surface area contributed by atoms with Gasteiger partial charge in [0.15, 0.2) is 5.13 Å². The zero-order chi connectivity index (χ0) is 15.6. The Bertz CT molecular complexity index is 457. The topological polar surface area (TPSA) is 37.4 Å². The predicted octanol–water partition coefficient (Wildman–Crippen LogP) is 3.16. The summed E-state index contributed by atoms with van der Waals surface area (Å²) >= 11 is 1.83. The number of rotatable bonds is 4. The van der Waals surface area contributed by atoms with Gasteiger partial charge in [-0.3, -0.25) is 0 Å². The van der Waals surface area contributed by atoms with Gasteiger partial charge in [-0.15, -0.1) is 11.3 Å². The molecule has 2 heterocycles. The smallest absolute Gasteiger partial charge is 0.186 e. The van der Waals surface area contributed by atoms with Crippen LogP contribution in [0.5, 0.6) is 0 Å². The highest BCUT2D eigenvalue weighted by Crippen LogP contribution is 2.34. The molecule has 5 heteroatoms. The molecule has 0 aromatic carbocycles. The Morgan fingerprint density at radius 2 is 1.90 bits per heavy atom. The van der Waals surface area contributed by atoms with E-state index >= 15 is 0 Å². The molecule has 21 heavy (non-hydrogen) atoms. The van der Waals surface area contributed by atoms with Crippen molar-refractivity contribution in [1.29, 1.82) is 0 Å². The van der Waals surface area contributed by atoms with Crippen molar-refractivity contribution in [3.8, 4) is 0 Å². The highest BCUT2D eigenvalue weighted by molar-refractivity contribution is 7.15. The lowest BCUT2D eigenvalue weighted by molar-refractivity contribution is -0.00523. The molecule has 0 saturated carbocycles. The summed E-state index contributed by atoms with van der Waals surface area (Å²) in [5, 5.41) is 4.59. The van der Waals surface area contributed by atoms with Crippen molar-refractivity contribution in [2.75, 3.05) is 24.5 Å². The first-order chi connectivity index (χ1) is 9.81. The van der Waals surface area contributed by atoms with Crippen LogP contribution in [-0.2, 0) is 16.7 Å². The van der Waals surface area contributed by atoms with E-state index in [1.165, 1.54) is 10.6 Å². The zero-order valence-corrected chi connectivity index (χ0v) is 15.0. The van der Waals surface area contributed by atoms with Gasteiger partial charge in [-0.2, -0.15) is 0 Å². The molecule has 1 aliphatic rings. The van der Waals surface area contributed by atoms with Gasteiger partial charge in [0.1, 0.15) is 0 Å². The van der Waals surface area contributed by atoms with Gasteiger partial charge in [0.05, 0.1) is 17.9 Å². The van der Waals surface area contributed by atoms with Crippen LogP contribution in [0.3, 0.4) is 0 Å². The van der Waals surface area contributed by atoms with Crippen molar-refractivity contribution in [1.82, 2.24) is 10.3 Å². The maximum absolute atomic E-state index is 5.83. The van der Waals surface area contributed by atoms with Crippen molar-refractivity contribution in [2.24, 2.45) is 0 Å². The van der Waals surface area contributed by atoms with Crippen LogP contribution in [-0.4, -0.2) is 36.8 Å². The lowest BCUT2D eigenvalue weighted by atomic mass is 9.91. The van der Waals surface area contributed by atoms with E-state index < -0.39 is 0 Å². The second kappa shape index (κ2) is 6.63. The second-order valence-electron chi connectivity index (χ2n) is 6.96. The Hall–Kier alpha value is -0.650. The lowest BCUT2D eigenvalue weighted by Crippen LogP contribution is -2.45. The van der Waals surface area contributed by atoms with E-state index in [1.807, 2.05) is 11.3 Å². The van der Waals surface area contributed by atoms with E-state index in [4.69, 9.17) is 9.72 Å². The molecule has 0 spiro atoms. The van der Waals surface area contributed by atoms with Gasteiger partial charge in [-0.1, -0.05) is 27.7 Å². The van der Waals surface area contributed by atoms with Crippen molar-refractivity contribution in [3.63, 3.8) is 0 Å². The highest BCUT2D eigenvalue weighted by Gasteiger charge is 2.28. The van der Waals surface area contributed by atoms with Crippen molar-refractivity contribution in [2.45, 2.75) is 65.7 Å². The molecule has 1 aliphatic heterocycles. The van der Waals surface area contributed by atoms with Crippen LogP contribution >= 0.6 is 11.3 Å². The summed E-state index contributed by atoms with van der Waals surface area (Å²) in [6.45, 7) is 16.9. The van der Waals surface area contributed by atoms with Gasteiger partial charge in [-0.05, 0) is 20.4 Å². The van der Waals surface area contributed by atoms with Crippen LogP contribution < -0.4 is 10.2 Å². The van der Waals surface area contributed by atoms with Crippen LogP contribution in [0.25, 0.3) is 0 Å². The van der Waals surface area contributed by atoms with Gasteiger partial charge < -0.3 is 15.0 Å². The predicted molar refractivity (Wildman–Crippen MR) is 90.4 cm³/mol. The minimum atomic E-state index is 0.0863. The van der Waals surface area contributed by atoms with Crippen LogP contribution in [0, 0.1) is 0 Å². The maximum Gasteiger partial charge on any atom is 0.186 e. The number of anilines is 1. The lowest BCUT2D eigenvalue weighted by Gasteiger charge is -2.35. The molecule has 1 aromatic heterocycles. The molecular formula is C16H29N3OS. The molecule has 1 aromatic rings. The van der Waals surface area contributed by atoms with Crippen molar-refractivity contribution >= 4 is 16.5 Å². The number of nitrogens with zero attached hydrogens (tertiary/aromatic N) is 2. The summed E-state index contributed by atoms with van der Waals surface area (Å²) in [4.78, 5) is 8.73. The molecule has 0 unspecified atom stereocenters. The van der Waals surface area contributed by atoms with Gasteiger partial charge >= 0.3 is 0 Å². The Morgan fingerprint density at radius 1 is 1.29 bits per heavy atom. The standard InChI is InChI=1S/C16H29N3OS/c1-7-17-8-13-14(16(4,5)6)18-15(21-13)19-9-11(2)20-12(3)10-19/h11-12,17H,7-10H2,1-6H3/t11-,12+. The molecule has 2 rings (SSSR count). The average molecular weight is 311 g/mol. The summed E-state index contributed by atoms with van der Waals surface area (Å²) in [6.07, 6.45) is 0.543. The number of hydrogen-bond acceptors (Lipinski definition) is 5. The molecule has 1 saturated heterocycles. The van der Waals surface area contributed by atoms with E-state index in [1.54, 1.807) is 0 Å². The van der Waals surface area contributed by atoms with E-state index in [2.05, 4.69) is 51.8 Å². The molecule has 1 fully saturated rings. The molecule has 4 nitrogen and oxygen atoms in total. The molecule has 1 N–H and O–H groups in total. The van der Waals surface area contributed by atoms with Gasteiger partial charge in [-0.25, -0.2) is 4.98 Å². The van der Waals surface area contributed by atoms with Crippen molar-refractivity contribution in [3.05, 3.63) is 10.6 Å². The van der Waals surface area contributed by atoms with Gasteiger partial charge in [0.2, 0.25) is 0 Å². The fraction of sp³-hybridized carbons (Fsp3) is 0.812. The van der Waals surface area contributed by atoms with E-state index in [-0.39, 0.29) is 17.6 Å². The number of hydrogen-bond donors (Lipinski definition) is 1. The molecule has 120 valence electrons. The average Bonchev–Trinajstić information content (AvgIpc) is 2.79. The van der Waals surface area contributed by atoms with E-state index in [0.29, 0.717) is 0 Å². The first-order valence-corrected chi connectivity index (χ1v) is 8.74. The maximum atomic E-state index is 5.83. The van der Waals surface area contributed by atoms with Gasteiger partial charge in [0, 0.05) is 29.9 Å². The summed E-state index contributed by atoms with van der Waals surface area (Å²) in [5.41, 5.74) is 1.32. The van der Waals surface area contributed by atoms with Crippen LogP contribution in [0.2, 0.25) is 0 Å². The van der Waals surface area contributed by atoms with Crippen LogP contribution in [0.4, 0.5) is 5.13 Å². The third kappa shape index (κ3) is 4.18. The van der Waals surface area contributed by atoms with Crippen LogP contribution in [0.1, 0.15) is 52.1 Å². The number of ether oxygens (including phenoxy) is 1. The van der Waals surface area contributed by atoms with Crippen molar-refractivity contribution < 1.29 is 4.74 Å². The Balaban J connectivity index is 2.25. The molecule has 0 amide bonds. The van der Waals surface area contributed by atoms with Crippen LogP contribution in [0.15, 0.2) is 0 Å². The first-order valence-electron chi connectivity index (χ1n) is 7.92. The second-order valence-corrected chi connectivity index (χ2v) is 8.02. The summed E-state index contributed by atoms with van der Waals surface area (Å²) < 4.78 is 5.83.